The number of carbonyl (C=O) groups excluding carboxylic acids is 1. The molecule has 18 heavy (non-hydrogen) atoms. The number of aromatic carboxylic acids is 1. The minimum Gasteiger partial charge on any atom is -0.478 e. The summed E-state index contributed by atoms with van der Waals surface area (Å²) in [5, 5.41) is 10.6. The van der Waals surface area contributed by atoms with Crippen LogP contribution in [0.1, 0.15) is 17.3 Å². The third-order valence-electron chi connectivity index (χ3n) is 2.34. The summed E-state index contributed by atoms with van der Waals surface area (Å²) in [6, 6.07) is 4.03. The normalized spacial score (nSPS) is 13.7. The lowest BCUT2D eigenvalue weighted by atomic mass is 10.2. The molecule has 1 rings (SSSR count). The van der Waals surface area contributed by atoms with Gasteiger partial charge in [0.2, 0.25) is 5.91 Å². The summed E-state index contributed by atoms with van der Waals surface area (Å²) in [4.78, 5) is 22.5. The van der Waals surface area contributed by atoms with Crippen LogP contribution in [-0.2, 0) is 15.6 Å². The van der Waals surface area contributed by atoms with Crippen LogP contribution >= 0.6 is 11.6 Å². The molecule has 0 bridgehead atoms. The van der Waals surface area contributed by atoms with Crippen molar-refractivity contribution >= 4 is 34.3 Å². The van der Waals surface area contributed by atoms with Gasteiger partial charge in [-0.3, -0.25) is 9.00 Å². The highest BCUT2D eigenvalue weighted by Crippen LogP contribution is 2.21. The third kappa shape index (κ3) is 3.08. The predicted molar refractivity (Wildman–Crippen MR) is 68.3 cm³/mol. The zero-order chi connectivity index (χ0) is 13.9. The second-order valence-electron chi connectivity index (χ2n) is 3.50. The molecular formula is C11H12ClNO4S. The number of benzene rings is 1. The molecular weight excluding hydrogens is 278 g/mol. The Kier molecular flexibility index (Phi) is 4.86. The standard InChI is InChI=1S/C11H12ClNO4S/c1-6(10(14)13-2)18(17)7-3-4-9(12)8(5-7)11(15)16/h3-6H,1-2H3,(H,13,14)(H,15,16). The fourth-order valence-electron chi connectivity index (χ4n) is 1.30. The van der Waals surface area contributed by atoms with E-state index < -0.39 is 22.0 Å². The molecule has 0 aliphatic heterocycles. The van der Waals surface area contributed by atoms with E-state index in [1.165, 1.54) is 32.2 Å². The summed E-state index contributed by atoms with van der Waals surface area (Å²) in [6.07, 6.45) is 0. The van der Waals surface area contributed by atoms with Crippen LogP contribution in [-0.4, -0.2) is 33.5 Å². The van der Waals surface area contributed by atoms with Crippen molar-refractivity contribution in [3.8, 4) is 0 Å². The number of halogens is 1. The van der Waals surface area contributed by atoms with E-state index in [9.17, 15) is 13.8 Å². The van der Waals surface area contributed by atoms with Crippen molar-refractivity contribution in [3.63, 3.8) is 0 Å². The van der Waals surface area contributed by atoms with E-state index in [-0.39, 0.29) is 21.4 Å². The minimum atomic E-state index is -1.63. The summed E-state index contributed by atoms with van der Waals surface area (Å²) in [7, 11) is -0.182. The van der Waals surface area contributed by atoms with Crippen molar-refractivity contribution in [2.45, 2.75) is 17.1 Å². The molecule has 1 amide bonds. The Hall–Kier alpha value is -1.40. The second-order valence-corrected chi connectivity index (χ2v) is 5.68. The molecule has 0 heterocycles. The van der Waals surface area contributed by atoms with E-state index in [1.54, 1.807) is 0 Å². The molecule has 0 saturated carbocycles. The molecule has 0 saturated heterocycles. The van der Waals surface area contributed by atoms with Gasteiger partial charge in [0.25, 0.3) is 0 Å². The van der Waals surface area contributed by atoms with E-state index >= 15 is 0 Å². The van der Waals surface area contributed by atoms with E-state index in [0.29, 0.717) is 0 Å². The summed E-state index contributed by atoms with van der Waals surface area (Å²) in [5.41, 5.74) is -0.133. The molecule has 2 unspecified atom stereocenters. The summed E-state index contributed by atoms with van der Waals surface area (Å²) in [5.74, 6) is -1.58. The first-order chi connectivity index (χ1) is 8.38. The van der Waals surface area contributed by atoms with Crippen molar-refractivity contribution in [2.24, 2.45) is 0 Å². The number of amides is 1. The quantitative estimate of drug-likeness (QED) is 0.874. The van der Waals surface area contributed by atoms with Crippen LogP contribution in [0.25, 0.3) is 0 Å². The van der Waals surface area contributed by atoms with E-state index in [0.717, 1.165) is 0 Å². The molecule has 0 radical (unpaired) electrons. The fourth-order valence-corrected chi connectivity index (χ4v) is 2.65. The van der Waals surface area contributed by atoms with Crippen LogP contribution < -0.4 is 5.32 Å². The van der Waals surface area contributed by atoms with Gasteiger partial charge in [0.1, 0.15) is 5.25 Å². The van der Waals surface area contributed by atoms with Crippen LogP contribution in [0.15, 0.2) is 23.1 Å². The lowest BCUT2D eigenvalue weighted by Gasteiger charge is -2.10. The number of nitrogens with one attached hydrogen (secondary N) is 1. The zero-order valence-electron chi connectivity index (χ0n) is 9.77. The highest BCUT2D eigenvalue weighted by molar-refractivity contribution is 7.86. The molecule has 0 aliphatic rings. The largest absolute Gasteiger partial charge is 0.478 e. The summed E-state index contributed by atoms with van der Waals surface area (Å²) in [6.45, 7) is 1.50. The van der Waals surface area contributed by atoms with Crippen LogP contribution in [0.4, 0.5) is 0 Å². The van der Waals surface area contributed by atoms with Crippen molar-refractivity contribution < 1.29 is 18.9 Å². The van der Waals surface area contributed by atoms with Crippen molar-refractivity contribution in [1.29, 1.82) is 0 Å². The maximum atomic E-state index is 12.0. The monoisotopic (exact) mass is 289 g/mol. The van der Waals surface area contributed by atoms with Gasteiger partial charge in [-0.15, -0.1) is 0 Å². The molecule has 7 heteroatoms. The Bertz CT molecular complexity index is 518. The second kappa shape index (κ2) is 5.97. The zero-order valence-corrected chi connectivity index (χ0v) is 11.3. The lowest BCUT2D eigenvalue weighted by Crippen LogP contribution is -2.32. The van der Waals surface area contributed by atoms with E-state index in [1.807, 2.05) is 0 Å². The Morgan fingerprint density at radius 2 is 2.06 bits per heavy atom. The minimum absolute atomic E-state index is 0.0656. The van der Waals surface area contributed by atoms with Crippen LogP contribution in [0.2, 0.25) is 5.02 Å². The Balaban J connectivity index is 3.11. The number of carbonyl (C=O) groups is 2. The molecule has 2 atom stereocenters. The van der Waals surface area contributed by atoms with Gasteiger partial charge in [-0.2, -0.15) is 0 Å². The SMILES string of the molecule is CNC(=O)C(C)S(=O)c1ccc(Cl)c(C(=O)O)c1. The molecule has 5 nitrogen and oxygen atoms in total. The van der Waals surface area contributed by atoms with E-state index in [4.69, 9.17) is 16.7 Å². The van der Waals surface area contributed by atoms with Gasteiger partial charge in [-0.1, -0.05) is 11.6 Å². The van der Waals surface area contributed by atoms with Gasteiger partial charge in [0.15, 0.2) is 0 Å². The first-order valence-electron chi connectivity index (χ1n) is 5.03. The smallest absolute Gasteiger partial charge is 0.337 e. The molecule has 0 spiro atoms. The van der Waals surface area contributed by atoms with E-state index in [2.05, 4.69) is 5.32 Å². The number of carboxylic acid groups (broad SMARTS) is 1. The third-order valence-corrected chi connectivity index (χ3v) is 4.24. The molecule has 0 aromatic heterocycles. The predicted octanol–water partition coefficient (Wildman–Crippen LogP) is 1.28. The average Bonchev–Trinajstić information content (AvgIpc) is 2.36. The van der Waals surface area contributed by atoms with Crippen LogP contribution in [0.3, 0.4) is 0 Å². The maximum Gasteiger partial charge on any atom is 0.337 e. The number of hydrogen-bond donors (Lipinski definition) is 2. The van der Waals surface area contributed by atoms with Gasteiger partial charge in [0.05, 0.1) is 21.4 Å². The Morgan fingerprint density at radius 1 is 1.44 bits per heavy atom. The lowest BCUT2D eigenvalue weighted by molar-refractivity contribution is -0.119. The average molecular weight is 290 g/mol. The highest BCUT2D eigenvalue weighted by atomic mass is 35.5. The van der Waals surface area contributed by atoms with Gasteiger partial charge in [-0.05, 0) is 25.1 Å². The van der Waals surface area contributed by atoms with Crippen molar-refractivity contribution in [3.05, 3.63) is 28.8 Å². The Morgan fingerprint density at radius 3 is 2.56 bits per heavy atom. The Labute approximate surface area is 112 Å². The number of carboxylic acids is 1. The molecule has 0 fully saturated rings. The molecule has 2 N–H and O–H groups in total. The van der Waals surface area contributed by atoms with Crippen molar-refractivity contribution in [1.82, 2.24) is 5.32 Å². The molecule has 1 aromatic carbocycles. The topological polar surface area (TPSA) is 83.5 Å². The summed E-state index contributed by atoms with van der Waals surface area (Å²) >= 11 is 5.71. The van der Waals surface area contributed by atoms with Crippen LogP contribution in [0, 0.1) is 0 Å². The van der Waals surface area contributed by atoms with Gasteiger partial charge < -0.3 is 10.4 Å². The highest BCUT2D eigenvalue weighted by Gasteiger charge is 2.21. The van der Waals surface area contributed by atoms with Gasteiger partial charge >= 0.3 is 5.97 Å². The number of rotatable bonds is 4. The van der Waals surface area contributed by atoms with Gasteiger partial charge in [-0.25, -0.2) is 4.79 Å². The molecule has 0 aliphatic carbocycles. The summed E-state index contributed by atoms with van der Waals surface area (Å²) < 4.78 is 12.0. The molecule has 1 aromatic rings. The first kappa shape index (κ1) is 14.7. The van der Waals surface area contributed by atoms with Crippen LogP contribution in [0.5, 0.6) is 0 Å². The maximum absolute atomic E-state index is 12.0. The number of hydrogen-bond acceptors (Lipinski definition) is 3. The fraction of sp³-hybridized carbons (Fsp3) is 0.273. The van der Waals surface area contributed by atoms with Gasteiger partial charge in [0, 0.05) is 11.9 Å². The molecule has 98 valence electrons. The first-order valence-corrected chi connectivity index (χ1v) is 6.62. The van der Waals surface area contributed by atoms with Crippen molar-refractivity contribution in [2.75, 3.05) is 7.05 Å².